The molecular formula is C25H26N2O5S. The molecule has 1 aliphatic heterocycles. The Hall–Kier alpha value is -3.36. The van der Waals surface area contributed by atoms with E-state index in [4.69, 9.17) is 9.47 Å². The lowest BCUT2D eigenvalue weighted by atomic mass is 10.1. The van der Waals surface area contributed by atoms with Crippen molar-refractivity contribution >= 4 is 21.6 Å². The third kappa shape index (κ3) is 5.18. The van der Waals surface area contributed by atoms with E-state index in [0.29, 0.717) is 30.3 Å². The zero-order chi connectivity index (χ0) is 23.3. The van der Waals surface area contributed by atoms with E-state index >= 15 is 0 Å². The Morgan fingerprint density at radius 2 is 1.58 bits per heavy atom. The standard InChI is InChI=1S/C25H26N2O5S/c1-31-23-15-14-20(33(29,30)27-16-8-3-9-17-27)18-21(23)25(28)26-22-12-6-7-13-24(22)32-19-10-4-2-5-11-19/h2,4-7,10-15,18H,3,8-9,16-17H2,1H3,(H,26,28). The van der Waals surface area contributed by atoms with Crippen LogP contribution < -0.4 is 14.8 Å². The number of hydrogen-bond acceptors (Lipinski definition) is 5. The first-order valence-corrected chi connectivity index (χ1v) is 12.2. The minimum atomic E-state index is -3.69. The molecule has 1 N–H and O–H groups in total. The molecule has 8 heteroatoms. The van der Waals surface area contributed by atoms with E-state index in [0.717, 1.165) is 19.3 Å². The van der Waals surface area contributed by atoms with Crippen LogP contribution in [0.1, 0.15) is 29.6 Å². The molecular weight excluding hydrogens is 440 g/mol. The molecule has 0 aromatic heterocycles. The fourth-order valence-corrected chi connectivity index (χ4v) is 5.29. The third-order valence-corrected chi connectivity index (χ3v) is 7.37. The zero-order valence-corrected chi connectivity index (χ0v) is 19.2. The van der Waals surface area contributed by atoms with E-state index in [1.807, 2.05) is 30.3 Å². The Bertz CT molecular complexity index is 1220. The molecule has 0 radical (unpaired) electrons. The van der Waals surface area contributed by atoms with E-state index in [1.165, 1.54) is 29.6 Å². The molecule has 1 saturated heterocycles. The summed E-state index contributed by atoms with van der Waals surface area (Å²) >= 11 is 0. The lowest BCUT2D eigenvalue weighted by Crippen LogP contribution is -2.35. The highest BCUT2D eigenvalue weighted by Gasteiger charge is 2.28. The summed E-state index contributed by atoms with van der Waals surface area (Å²) in [7, 11) is -2.25. The highest BCUT2D eigenvalue weighted by Crippen LogP contribution is 2.31. The maximum atomic E-state index is 13.2. The van der Waals surface area contributed by atoms with Gasteiger partial charge in [0.2, 0.25) is 10.0 Å². The molecule has 0 aliphatic carbocycles. The monoisotopic (exact) mass is 466 g/mol. The van der Waals surface area contributed by atoms with Crippen molar-refractivity contribution in [3.8, 4) is 17.2 Å². The largest absolute Gasteiger partial charge is 0.496 e. The maximum absolute atomic E-state index is 13.2. The van der Waals surface area contributed by atoms with Crippen molar-refractivity contribution in [1.29, 1.82) is 0 Å². The Morgan fingerprint density at radius 1 is 0.879 bits per heavy atom. The normalized spacial score (nSPS) is 14.5. The van der Waals surface area contributed by atoms with Crippen molar-refractivity contribution in [3.63, 3.8) is 0 Å². The van der Waals surface area contributed by atoms with Gasteiger partial charge in [0.15, 0.2) is 5.75 Å². The number of methoxy groups -OCH3 is 1. The number of ether oxygens (including phenoxy) is 2. The Kier molecular flexibility index (Phi) is 6.96. The van der Waals surface area contributed by atoms with Gasteiger partial charge in [-0.2, -0.15) is 4.31 Å². The molecule has 7 nitrogen and oxygen atoms in total. The summed E-state index contributed by atoms with van der Waals surface area (Å²) in [5.74, 6) is 0.887. The molecule has 1 amide bonds. The van der Waals surface area contributed by atoms with Crippen LogP contribution in [0.15, 0.2) is 77.7 Å². The van der Waals surface area contributed by atoms with Gasteiger partial charge in [-0.15, -0.1) is 0 Å². The second kappa shape index (κ2) is 10.1. The molecule has 172 valence electrons. The van der Waals surface area contributed by atoms with Crippen LogP contribution in [-0.4, -0.2) is 38.8 Å². The van der Waals surface area contributed by atoms with Crippen molar-refractivity contribution in [2.75, 3.05) is 25.5 Å². The van der Waals surface area contributed by atoms with Crippen LogP contribution in [0.4, 0.5) is 5.69 Å². The predicted octanol–water partition coefficient (Wildman–Crippen LogP) is 4.91. The Balaban J connectivity index is 1.62. The summed E-state index contributed by atoms with van der Waals surface area (Å²) < 4.78 is 39.0. The van der Waals surface area contributed by atoms with Crippen LogP contribution in [0.5, 0.6) is 17.2 Å². The lowest BCUT2D eigenvalue weighted by Gasteiger charge is -2.26. The summed E-state index contributed by atoms with van der Waals surface area (Å²) in [6.45, 7) is 0.972. The summed E-state index contributed by atoms with van der Waals surface area (Å²) in [5, 5.41) is 2.83. The SMILES string of the molecule is COc1ccc(S(=O)(=O)N2CCCCC2)cc1C(=O)Nc1ccccc1Oc1ccccc1. The first-order valence-electron chi connectivity index (χ1n) is 10.8. The number of nitrogens with zero attached hydrogens (tertiary/aromatic N) is 1. The molecule has 33 heavy (non-hydrogen) atoms. The minimum absolute atomic E-state index is 0.0733. The highest BCUT2D eigenvalue weighted by atomic mass is 32.2. The number of para-hydroxylation sites is 3. The van der Waals surface area contributed by atoms with Gasteiger partial charge in [-0.1, -0.05) is 36.8 Å². The van der Waals surface area contributed by atoms with Crippen LogP contribution in [0.25, 0.3) is 0 Å². The molecule has 0 spiro atoms. The van der Waals surface area contributed by atoms with Gasteiger partial charge in [-0.3, -0.25) is 4.79 Å². The molecule has 3 aromatic carbocycles. The van der Waals surface area contributed by atoms with Gasteiger partial charge in [-0.05, 0) is 55.3 Å². The lowest BCUT2D eigenvalue weighted by molar-refractivity contribution is 0.102. The van der Waals surface area contributed by atoms with Crippen molar-refractivity contribution in [2.24, 2.45) is 0 Å². The summed E-state index contributed by atoms with van der Waals surface area (Å²) in [6.07, 6.45) is 2.69. The fourth-order valence-electron chi connectivity index (χ4n) is 3.74. The number of nitrogens with one attached hydrogen (secondary N) is 1. The third-order valence-electron chi connectivity index (χ3n) is 5.47. The van der Waals surface area contributed by atoms with Crippen LogP contribution in [0.3, 0.4) is 0 Å². The second-order valence-electron chi connectivity index (χ2n) is 7.69. The number of anilines is 1. The van der Waals surface area contributed by atoms with Gasteiger partial charge in [0, 0.05) is 13.1 Å². The van der Waals surface area contributed by atoms with Gasteiger partial charge < -0.3 is 14.8 Å². The number of piperidine rings is 1. The predicted molar refractivity (Wildman–Crippen MR) is 127 cm³/mol. The topological polar surface area (TPSA) is 84.9 Å². The van der Waals surface area contributed by atoms with E-state index in [1.54, 1.807) is 24.3 Å². The summed E-state index contributed by atoms with van der Waals surface area (Å²) in [4.78, 5) is 13.3. The number of benzene rings is 3. The van der Waals surface area contributed by atoms with Crippen molar-refractivity contribution in [1.82, 2.24) is 4.31 Å². The van der Waals surface area contributed by atoms with Crippen LogP contribution >= 0.6 is 0 Å². The van der Waals surface area contributed by atoms with Gasteiger partial charge in [-0.25, -0.2) is 8.42 Å². The molecule has 4 rings (SSSR count). The molecule has 0 bridgehead atoms. The van der Waals surface area contributed by atoms with Gasteiger partial charge >= 0.3 is 0 Å². The molecule has 1 fully saturated rings. The average Bonchev–Trinajstić information content (AvgIpc) is 2.86. The summed E-state index contributed by atoms with van der Waals surface area (Å²) in [5.41, 5.74) is 0.586. The first-order chi connectivity index (χ1) is 16.0. The fraction of sp³-hybridized carbons (Fsp3) is 0.240. The Labute approximate surface area is 194 Å². The van der Waals surface area contributed by atoms with Gasteiger partial charge in [0.05, 0.1) is 23.3 Å². The van der Waals surface area contributed by atoms with Crippen molar-refractivity contribution in [2.45, 2.75) is 24.2 Å². The van der Waals surface area contributed by atoms with E-state index in [2.05, 4.69) is 5.32 Å². The number of amides is 1. The number of hydrogen-bond donors (Lipinski definition) is 1. The first kappa shape index (κ1) is 22.8. The highest BCUT2D eigenvalue weighted by molar-refractivity contribution is 7.89. The number of carbonyl (C=O) groups is 1. The number of carbonyl (C=O) groups excluding carboxylic acids is 1. The molecule has 1 aliphatic rings. The minimum Gasteiger partial charge on any atom is -0.496 e. The molecule has 0 unspecified atom stereocenters. The number of sulfonamides is 1. The Morgan fingerprint density at radius 3 is 2.30 bits per heavy atom. The summed E-state index contributed by atoms with van der Waals surface area (Å²) in [6, 6.07) is 20.6. The molecule has 1 heterocycles. The molecule has 0 saturated carbocycles. The van der Waals surface area contributed by atoms with E-state index in [-0.39, 0.29) is 16.2 Å². The molecule has 0 atom stereocenters. The van der Waals surface area contributed by atoms with Gasteiger partial charge in [0.1, 0.15) is 11.5 Å². The second-order valence-corrected chi connectivity index (χ2v) is 9.63. The zero-order valence-electron chi connectivity index (χ0n) is 18.4. The van der Waals surface area contributed by atoms with Crippen molar-refractivity contribution < 1.29 is 22.7 Å². The van der Waals surface area contributed by atoms with Crippen molar-refractivity contribution in [3.05, 3.63) is 78.4 Å². The quantitative estimate of drug-likeness (QED) is 0.535. The number of rotatable bonds is 7. The smallest absolute Gasteiger partial charge is 0.259 e. The van der Waals surface area contributed by atoms with Gasteiger partial charge in [0.25, 0.3) is 5.91 Å². The van der Waals surface area contributed by atoms with E-state index in [9.17, 15) is 13.2 Å². The van der Waals surface area contributed by atoms with Crippen LogP contribution in [0.2, 0.25) is 0 Å². The molecule has 3 aromatic rings. The van der Waals surface area contributed by atoms with Crippen LogP contribution in [0, 0.1) is 0 Å². The average molecular weight is 467 g/mol. The van der Waals surface area contributed by atoms with Crippen LogP contribution in [-0.2, 0) is 10.0 Å². The van der Waals surface area contributed by atoms with E-state index < -0.39 is 15.9 Å². The maximum Gasteiger partial charge on any atom is 0.259 e.